The van der Waals surface area contributed by atoms with Gasteiger partial charge in [-0.3, -0.25) is 9.69 Å². The van der Waals surface area contributed by atoms with Crippen LogP contribution < -0.4 is 11.1 Å². The normalized spacial score (nSPS) is 18.5. The molecule has 1 amide bonds. The van der Waals surface area contributed by atoms with Crippen molar-refractivity contribution in [3.05, 3.63) is 0 Å². The van der Waals surface area contributed by atoms with Gasteiger partial charge in [0.1, 0.15) is 0 Å². The fourth-order valence-corrected chi connectivity index (χ4v) is 2.80. The zero-order valence-corrected chi connectivity index (χ0v) is 12.4. The minimum Gasteiger partial charge on any atom is -0.383 e. The van der Waals surface area contributed by atoms with Gasteiger partial charge in [0.05, 0.1) is 13.2 Å². The van der Waals surface area contributed by atoms with Gasteiger partial charge in [0, 0.05) is 32.3 Å². The van der Waals surface area contributed by atoms with Crippen LogP contribution in [0.3, 0.4) is 0 Å². The summed E-state index contributed by atoms with van der Waals surface area (Å²) in [6.07, 6.45) is 6.26. The lowest BCUT2D eigenvalue weighted by Gasteiger charge is -2.33. The number of methoxy groups -OCH3 is 1. The molecule has 0 aromatic rings. The molecule has 0 bridgehead atoms. The fourth-order valence-electron chi connectivity index (χ4n) is 2.80. The van der Waals surface area contributed by atoms with Crippen molar-refractivity contribution in [1.29, 1.82) is 0 Å². The first-order valence-electron chi connectivity index (χ1n) is 7.39. The van der Waals surface area contributed by atoms with E-state index in [0.29, 0.717) is 25.7 Å². The summed E-state index contributed by atoms with van der Waals surface area (Å²) < 4.78 is 5.02. The summed E-state index contributed by atoms with van der Waals surface area (Å²) in [7, 11) is 1.64. The Labute approximate surface area is 116 Å². The largest absolute Gasteiger partial charge is 0.383 e. The van der Waals surface area contributed by atoms with Crippen molar-refractivity contribution in [2.24, 2.45) is 5.73 Å². The van der Waals surface area contributed by atoms with E-state index in [1.165, 1.54) is 32.1 Å². The molecule has 0 heterocycles. The van der Waals surface area contributed by atoms with Crippen LogP contribution >= 0.6 is 0 Å². The van der Waals surface area contributed by atoms with Crippen LogP contribution in [0.4, 0.5) is 0 Å². The van der Waals surface area contributed by atoms with Crippen LogP contribution in [-0.4, -0.2) is 56.2 Å². The maximum absolute atomic E-state index is 12.0. The predicted molar refractivity (Wildman–Crippen MR) is 77.0 cm³/mol. The number of ether oxygens (including phenoxy) is 1. The maximum Gasteiger partial charge on any atom is 0.234 e. The van der Waals surface area contributed by atoms with Crippen molar-refractivity contribution in [2.75, 3.05) is 33.4 Å². The van der Waals surface area contributed by atoms with Crippen LogP contribution in [0.2, 0.25) is 0 Å². The second kappa shape index (κ2) is 9.28. The van der Waals surface area contributed by atoms with E-state index in [1.54, 1.807) is 7.11 Å². The minimum absolute atomic E-state index is 0.0589. The molecule has 0 aromatic carbocycles. The average molecular weight is 271 g/mol. The second-order valence-corrected chi connectivity index (χ2v) is 5.47. The number of rotatable bonds is 8. The third kappa shape index (κ3) is 6.36. The summed E-state index contributed by atoms with van der Waals surface area (Å²) in [4.78, 5) is 14.3. The number of amides is 1. The van der Waals surface area contributed by atoms with Gasteiger partial charge < -0.3 is 15.8 Å². The van der Waals surface area contributed by atoms with Crippen LogP contribution in [0.1, 0.15) is 39.0 Å². The summed E-state index contributed by atoms with van der Waals surface area (Å²) in [6, 6.07) is 0.587. The van der Waals surface area contributed by atoms with Gasteiger partial charge in [0.15, 0.2) is 0 Å². The van der Waals surface area contributed by atoms with Gasteiger partial charge in [-0.25, -0.2) is 0 Å². The summed E-state index contributed by atoms with van der Waals surface area (Å²) >= 11 is 0. The van der Waals surface area contributed by atoms with Crippen molar-refractivity contribution in [3.8, 4) is 0 Å². The number of hydrogen-bond acceptors (Lipinski definition) is 4. The smallest absolute Gasteiger partial charge is 0.234 e. The van der Waals surface area contributed by atoms with Crippen molar-refractivity contribution in [3.63, 3.8) is 0 Å². The predicted octanol–water partition coefficient (Wildman–Crippen LogP) is 0.731. The highest BCUT2D eigenvalue weighted by Crippen LogP contribution is 2.22. The van der Waals surface area contributed by atoms with Gasteiger partial charge in [-0.05, 0) is 19.8 Å². The Hall–Kier alpha value is -0.650. The Bertz CT molecular complexity index is 255. The molecular weight excluding hydrogens is 242 g/mol. The standard InChI is InChI=1S/C14H29N3O2/c1-12(11-19-2)16-14(18)10-17(9-8-15)13-6-4-3-5-7-13/h12-13H,3-11,15H2,1-2H3,(H,16,18). The molecule has 0 aromatic heterocycles. The van der Waals surface area contributed by atoms with Gasteiger partial charge >= 0.3 is 0 Å². The van der Waals surface area contributed by atoms with E-state index in [1.807, 2.05) is 6.92 Å². The summed E-state index contributed by atoms with van der Waals surface area (Å²) in [6.45, 7) is 4.37. The molecule has 19 heavy (non-hydrogen) atoms. The lowest BCUT2D eigenvalue weighted by Crippen LogP contribution is -2.48. The minimum atomic E-state index is 0.0589. The van der Waals surface area contributed by atoms with Crippen molar-refractivity contribution in [2.45, 2.75) is 51.1 Å². The third-order valence-electron chi connectivity index (χ3n) is 3.68. The molecule has 5 heteroatoms. The molecule has 5 nitrogen and oxygen atoms in total. The zero-order chi connectivity index (χ0) is 14.1. The first kappa shape index (κ1) is 16.4. The Balaban J connectivity index is 2.40. The third-order valence-corrected chi connectivity index (χ3v) is 3.68. The maximum atomic E-state index is 12.0. The van der Waals surface area contributed by atoms with E-state index < -0.39 is 0 Å². The van der Waals surface area contributed by atoms with Crippen LogP contribution in [0.5, 0.6) is 0 Å². The van der Waals surface area contributed by atoms with Gasteiger partial charge in [0.2, 0.25) is 5.91 Å². The highest BCUT2D eigenvalue weighted by molar-refractivity contribution is 5.78. The fraction of sp³-hybridized carbons (Fsp3) is 0.929. The average Bonchev–Trinajstić information content (AvgIpc) is 2.39. The molecule has 1 rings (SSSR count). The van der Waals surface area contributed by atoms with Gasteiger partial charge in [0.25, 0.3) is 0 Å². The van der Waals surface area contributed by atoms with Crippen LogP contribution in [0.25, 0.3) is 0 Å². The van der Waals surface area contributed by atoms with Gasteiger partial charge in [-0.15, -0.1) is 0 Å². The zero-order valence-electron chi connectivity index (χ0n) is 12.4. The number of nitrogens with one attached hydrogen (secondary N) is 1. The SMILES string of the molecule is COCC(C)NC(=O)CN(CCN)C1CCCCC1. The highest BCUT2D eigenvalue weighted by Gasteiger charge is 2.22. The summed E-state index contributed by atoms with van der Waals surface area (Å²) in [5, 5.41) is 2.96. The van der Waals surface area contributed by atoms with E-state index in [2.05, 4.69) is 10.2 Å². The molecule has 1 fully saturated rings. The lowest BCUT2D eigenvalue weighted by molar-refractivity contribution is -0.123. The number of nitrogens with zero attached hydrogens (tertiary/aromatic N) is 1. The Morgan fingerprint density at radius 1 is 1.42 bits per heavy atom. The van der Waals surface area contributed by atoms with Crippen molar-refractivity contribution >= 4 is 5.91 Å². The molecule has 1 saturated carbocycles. The molecule has 1 aliphatic rings. The molecule has 3 N–H and O–H groups in total. The molecule has 0 saturated heterocycles. The topological polar surface area (TPSA) is 67.6 Å². The Morgan fingerprint density at radius 2 is 2.11 bits per heavy atom. The summed E-state index contributed by atoms with van der Waals surface area (Å²) in [5.74, 6) is 0.0728. The monoisotopic (exact) mass is 271 g/mol. The van der Waals surface area contributed by atoms with Gasteiger partial charge in [-0.1, -0.05) is 19.3 Å². The van der Waals surface area contributed by atoms with E-state index >= 15 is 0 Å². The second-order valence-electron chi connectivity index (χ2n) is 5.47. The Kier molecular flexibility index (Phi) is 8.02. The number of nitrogens with two attached hydrogens (primary N) is 1. The lowest BCUT2D eigenvalue weighted by atomic mass is 9.94. The molecule has 1 aliphatic carbocycles. The molecule has 1 unspecified atom stereocenters. The summed E-state index contributed by atoms with van der Waals surface area (Å²) in [5.41, 5.74) is 5.67. The van der Waals surface area contributed by atoms with Gasteiger partial charge in [-0.2, -0.15) is 0 Å². The molecular formula is C14H29N3O2. The Morgan fingerprint density at radius 3 is 2.68 bits per heavy atom. The number of hydrogen-bond donors (Lipinski definition) is 2. The van der Waals surface area contributed by atoms with E-state index in [0.717, 1.165) is 6.54 Å². The van der Waals surface area contributed by atoms with Crippen LogP contribution in [-0.2, 0) is 9.53 Å². The van der Waals surface area contributed by atoms with Crippen LogP contribution in [0.15, 0.2) is 0 Å². The first-order chi connectivity index (χ1) is 9.17. The number of carbonyl (C=O) groups is 1. The molecule has 1 atom stereocenters. The first-order valence-corrected chi connectivity index (χ1v) is 7.39. The van der Waals surface area contributed by atoms with E-state index in [9.17, 15) is 4.79 Å². The molecule has 0 radical (unpaired) electrons. The molecule has 112 valence electrons. The van der Waals surface area contributed by atoms with Crippen molar-refractivity contribution < 1.29 is 9.53 Å². The number of carbonyl (C=O) groups excluding carboxylic acids is 1. The van der Waals surface area contributed by atoms with E-state index in [4.69, 9.17) is 10.5 Å². The highest BCUT2D eigenvalue weighted by atomic mass is 16.5. The molecule has 0 aliphatic heterocycles. The quantitative estimate of drug-likeness (QED) is 0.683. The van der Waals surface area contributed by atoms with Crippen LogP contribution in [0, 0.1) is 0 Å². The molecule has 0 spiro atoms. The van der Waals surface area contributed by atoms with Crippen molar-refractivity contribution in [1.82, 2.24) is 10.2 Å². The van der Waals surface area contributed by atoms with E-state index in [-0.39, 0.29) is 11.9 Å².